The number of primary amides is 1. The van der Waals surface area contributed by atoms with Crippen LogP contribution in [0.4, 0.5) is 0 Å². The van der Waals surface area contributed by atoms with E-state index in [4.69, 9.17) is 10.8 Å². The molecule has 0 bridgehead atoms. The number of carbonyl (C=O) groups is 2. The molecule has 1 heterocycles. The van der Waals surface area contributed by atoms with E-state index in [-0.39, 0.29) is 17.5 Å². The van der Waals surface area contributed by atoms with Crippen LogP contribution in [-0.4, -0.2) is 26.5 Å². The van der Waals surface area contributed by atoms with Crippen LogP contribution in [0.2, 0.25) is 0 Å². The summed E-state index contributed by atoms with van der Waals surface area (Å²) in [6.07, 6.45) is -0.0409. The second-order valence-electron chi connectivity index (χ2n) is 4.33. The molecule has 0 aliphatic heterocycles. The molecule has 0 saturated heterocycles. The average Bonchev–Trinajstić information content (AvgIpc) is 2.63. The first-order valence-corrected chi connectivity index (χ1v) is 5.66. The molecule has 0 spiro atoms. The number of hydrogen-bond acceptors (Lipinski definition) is 3. The molecule has 1 aromatic carbocycles. The van der Waals surface area contributed by atoms with Gasteiger partial charge in [0.25, 0.3) is 0 Å². The smallest absolute Gasteiger partial charge is 0.337 e. The number of rotatable bonds is 4. The Labute approximate surface area is 107 Å². The normalized spacial score (nSPS) is 12.5. The third-order valence-corrected chi connectivity index (χ3v) is 2.91. The summed E-state index contributed by atoms with van der Waals surface area (Å²) in [5.41, 5.74) is 5.35. The Kier molecular flexibility index (Phi) is 3.12. The standard InChI is InChI=1S/C12H13N3O4/c1-6(5-9(13)16)15-10-7(11(17)18)3-2-4-8(10)14-12(15)19/h2-4,6H,5H2,1H3,(H2,13,16)(H,14,19)(H,17,18). The van der Waals surface area contributed by atoms with E-state index >= 15 is 0 Å². The van der Waals surface area contributed by atoms with Gasteiger partial charge in [-0.1, -0.05) is 6.07 Å². The van der Waals surface area contributed by atoms with Crippen molar-refractivity contribution >= 4 is 22.9 Å². The molecule has 0 saturated carbocycles. The lowest BCUT2D eigenvalue weighted by Gasteiger charge is -2.12. The number of aromatic nitrogens is 2. The van der Waals surface area contributed by atoms with Crippen molar-refractivity contribution in [1.29, 1.82) is 0 Å². The van der Waals surface area contributed by atoms with Crippen molar-refractivity contribution in [2.24, 2.45) is 5.73 Å². The third kappa shape index (κ3) is 2.22. The van der Waals surface area contributed by atoms with Crippen molar-refractivity contribution in [3.63, 3.8) is 0 Å². The fraction of sp³-hybridized carbons (Fsp3) is 0.250. The van der Waals surface area contributed by atoms with Crippen LogP contribution in [0, 0.1) is 0 Å². The van der Waals surface area contributed by atoms with Gasteiger partial charge in [-0.15, -0.1) is 0 Å². The number of nitrogens with zero attached hydrogens (tertiary/aromatic N) is 1. The highest BCUT2D eigenvalue weighted by Crippen LogP contribution is 2.20. The predicted molar refractivity (Wildman–Crippen MR) is 68.0 cm³/mol. The van der Waals surface area contributed by atoms with Gasteiger partial charge in [0.15, 0.2) is 0 Å². The Morgan fingerprint density at radius 1 is 1.47 bits per heavy atom. The number of nitrogens with two attached hydrogens (primary N) is 1. The van der Waals surface area contributed by atoms with Gasteiger partial charge in [-0.05, 0) is 19.1 Å². The van der Waals surface area contributed by atoms with Crippen LogP contribution in [0.5, 0.6) is 0 Å². The minimum atomic E-state index is -1.13. The van der Waals surface area contributed by atoms with Crippen LogP contribution in [0.25, 0.3) is 11.0 Å². The van der Waals surface area contributed by atoms with Crippen LogP contribution in [0.15, 0.2) is 23.0 Å². The molecule has 0 fully saturated rings. The second kappa shape index (κ2) is 4.60. The van der Waals surface area contributed by atoms with Gasteiger partial charge in [-0.3, -0.25) is 9.36 Å². The summed E-state index contributed by atoms with van der Waals surface area (Å²) in [6.45, 7) is 1.64. The number of para-hydroxylation sites is 1. The highest BCUT2D eigenvalue weighted by Gasteiger charge is 2.19. The molecule has 1 aromatic heterocycles. The van der Waals surface area contributed by atoms with E-state index in [2.05, 4.69) is 4.98 Å². The highest BCUT2D eigenvalue weighted by atomic mass is 16.4. The lowest BCUT2D eigenvalue weighted by Crippen LogP contribution is -2.25. The number of amides is 1. The van der Waals surface area contributed by atoms with Gasteiger partial charge in [-0.25, -0.2) is 9.59 Å². The van der Waals surface area contributed by atoms with Crippen LogP contribution in [0.3, 0.4) is 0 Å². The first kappa shape index (κ1) is 12.9. The number of hydrogen-bond donors (Lipinski definition) is 3. The maximum atomic E-state index is 11.9. The Bertz CT molecular complexity index is 713. The minimum Gasteiger partial charge on any atom is -0.478 e. The van der Waals surface area contributed by atoms with Crippen molar-refractivity contribution < 1.29 is 14.7 Å². The molecule has 1 atom stereocenters. The monoisotopic (exact) mass is 263 g/mol. The molecule has 2 rings (SSSR count). The van der Waals surface area contributed by atoms with Crippen molar-refractivity contribution in [1.82, 2.24) is 9.55 Å². The van der Waals surface area contributed by atoms with E-state index in [1.54, 1.807) is 19.1 Å². The van der Waals surface area contributed by atoms with Crippen LogP contribution in [-0.2, 0) is 4.79 Å². The van der Waals surface area contributed by atoms with Gasteiger partial charge in [0.1, 0.15) is 0 Å². The fourth-order valence-corrected chi connectivity index (χ4v) is 2.16. The van der Waals surface area contributed by atoms with Gasteiger partial charge in [-0.2, -0.15) is 0 Å². The molecule has 1 unspecified atom stereocenters. The first-order valence-electron chi connectivity index (χ1n) is 5.66. The number of nitrogens with one attached hydrogen (secondary N) is 1. The van der Waals surface area contributed by atoms with E-state index < -0.39 is 23.6 Å². The summed E-state index contributed by atoms with van der Waals surface area (Å²) in [5, 5.41) is 9.16. The number of carboxylic acid groups (broad SMARTS) is 1. The first-order chi connectivity index (χ1) is 8.91. The number of fused-ring (bicyclic) bond motifs is 1. The van der Waals surface area contributed by atoms with Gasteiger partial charge >= 0.3 is 11.7 Å². The molecule has 2 aromatic rings. The number of aromatic amines is 1. The van der Waals surface area contributed by atoms with E-state index in [1.165, 1.54) is 10.6 Å². The summed E-state index contributed by atoms with van der Waals surface area (Å²) >= 11 is 0. The van der Waals surface area contributed by atoms with Gasteiger partial charge in [0, 0.05) is 12.5 Å². The number of aromatic carboxylic acids is 1. The number of carboxylic acids is 1. The largest absolute Gasteiger partial charge is 0.478 e. The summed E-state index contributed by atoms with van der Waals surface area (Å²) in [7, 11) is 0. The average molecular weight is 263 g/mol. The maximum absolute atomic E-state index is 11.9. The Hall–Kier alpha value is -2.57. The molecule has 0 radical (unpaired) electrons. The van der Waals surface area contributed by atoms with E-state index in [0.717, 1.165) is 0 Å². The summed E-state index contributed by atoms with van der Waals surface area (Å²) < 4.78 is 1.25. The Morgan fingerprint density at radius 3 is 2.74 bits per heavy atom. The van der Waals surface area contributed by atoms with Crippen molar-refractivity contribution in [3.05, 3.63) is 34.2 Å². The van der Waals surface area contributed by atoms with Gasteiger partial charge < -0.3 is 15.8 Å². The van der Waals surface area contributed by atoms with Gasteiger partial charge in [0.2, 0.25) is 5.91 Å². The Morgan fingerprint density at radius 2 is 2.16 bits per heavy atom. The quantitative estimate of drug-likeness (QED) is 0.742. The zero-order valence-corrected chi connectivity index (χ0v) is 10.2. The van der Waals surface area contributed by atoms with Crippen LogP contribution < -0.4 is 11.4 Å². The summed E-state index contributed by atoms with van der Waals surface area (Å²) in [5.74, 6) is -1.69. The second-order valence-corrected chi connectivity index (χ2v) is 4.33. The number of H-pyrrole nitrogens is 1. The van der Waals surface area contributed by atoms with Crippen molar-refractivity contribution in [2.75, 3.05) is 0 Å². The molecule has 0 aliphatic carbocycles. The molecule has 1 amide bonds. The molecule has 100 valence electrons. The molecule has 7 nitrogen and oxygen atoms in total. The Balaban J connectivity index is 2.72. The molecular weight excluding hydrogens is 250 g/mol. The fourth-order valence-electron chi connectivity index (χ4n) is 2.16. The highest BCUT2D eigenvalue weighted by molar-refractivity contribution is 6.01. The molecule has 4 N–H and O–H groups in total. The lowest BCUT2D eigenvalue weighted by molar-refractivity contribution is -0.118. The minimum absolute atomic E-state index is 0.00664. The third-order valence-electron chi connectivity index (χ3n) is 2.91. The zero-order chi connectivity index (χ0) is 14.2. The predicted octanol–water partition coefficient (Wildman–Crippen LogP) is 0.464. The molecule has 7 heteroatoms. The van der Waals surface area contributed by atoms with Gasteiger partial charge in [0.05, 0.1) is 16.6 Å². The van der Waals surface area contributed by atoms with E-state index in [0.29, 0.717) is 5.52 Å². The number of carbonyl (C=O) groups excluding carboxylic acids is 1. The van der Waals surface area contributed by atoms with Crippen molar-refractivity contribution in [2.45, 2.75) is 19.4 Å². The van der Waals surface area contributed by atoms with E-state index in [9.17, 15) is 14.4 Å². The topological polar surface area (TPSA) is 118 Å². The lowest BCUT2D eigenvalue weighted by atomic mass is 10.1. The van der Waals surface area contributed by atoms with Crippen molar-refractivity contribution in [3.8, 4) is 0 Å². The molecular formula is C12H13N3O4. The number of imidazole rings is 1. The van der Waals surface area contributed by atoms with Crippen LogP contribution in [0.1, 0.15) is 29.7 Å². The van der Waals surface area contributed by atoms with E-state index in [1.807, 2.05) is 0 Å². The van der Waals surface area contributed by atoms with Crippen LogP contribution >= 0.6 is 0 Å². The molecule has 0 aliphatic rings. The maximum Gasteiger partial charge on any atom is 0.337 e. The number of benzene rings is 1. The molecule has 19 heavy (non-hydrogen) atoms. The summed E-state index contributed by atoms with van der Waals surface area (Å²) in [6, 6.07) is 4.05. The summed E-state index contributed by atoms with van der Waals surface area (Å²) in [4.78, 5) is 36.6. The SMILES string of the molecule is CC(CC(N)=O)n1c(=O)[nH]c2cccc(C(=O)O)c21. The zero-order valence-electron chi connectivity index (χ0n) is 10.2.